The first-order valence-electron chi connectivity index (χ1n) is 15.8. The number of ether oxygens (including phenoxy) is 1. The van der Waals surface area contributed by atoms with Crippen molar-refractivity contribution < 1.29 is 29.0 Å². The lowest BCUT2D eigenvalue weighted by atomic mass is 9.98. The number of amides is 5. The minimum absolute atomic E-state index is 0.133. The van der Waals surface area contributed by atoms with Crippen molar-refractivity contribution in [3.63, 3.8) is 0 Å². The van der Waals surface area contributed by atoms with Crippen LogP contribution in [0.1, 0.15) is 63.3 Å². The fourth-order valence-corrected chi connectivity index (χ4v) is 5.83. The summed E-state index contributed by atoms with van der Waals surface area (Å²) in [6.45, 7) is 9.78. The van der Waals surface area contributed by atoms with Crippen molar-refractivity contribution in [2.45, 2.75) is 71.6 Å². The highest BCUT2D eigenvalue weighted by Gasteiger charge is 2.53. The van der Waals surface area contributed by atoms with Crippen LogP contribution in [0, 0.1) is 12.8 Å². The molecule has 11 nitrogen and oxygen atoms in total. The van der Waals surface area contributed by atoms with Gasteiger partial charge in [-0.2, -0.15) is 0 Å². The van der Waals surface area contributed by atoms with Crippen LogP contribution < -0.4 is 20.7 Å². The summed E-state index contributed by atoms with van der Waals surface area (Å²) in [4.78, 5) is 55.2. The Morgan fingerprint density at radius 2 is 1.60 bits per heavy atom. The Labute approximate surface area is 276 Å². The van der Waals surface area contributed by atoms with Crippen molar-refractivity contribution in [2.24, 2.45) is 5.92 Å². The smallest absolute Gasteiger partial charge is 0.328 e. The van der Waals surface area contributed by atoms with E-state index in [1.54, 1.807) is 36.9 Å². The van der Waals surface area contributed by atoms with E-state index in [9.17, 15) is 24.3 Å². The number of carbonyl (C=O) groups excluding carboxylic acids is 3. The van der Waals surface area contributed by atoms with Crippen LogP contribution >= 0.6 is 0 Å². The molecule has 11 heteroatoms. The molecule has 2 atom stereocenters. The van der Waals surface area contributed by atoms with Crippen molar-refractivity contribution in [3.05, 3.63) is 89.5 Å². The fourth-order valence-electron chi connectivity index (χ4n) is 5.83. The highest BCUT2D eigenvalue weighted by Crippen LogP contribution is 2.34. The Morgan fingerprint density at radius 3 is 2.23 bits per heavy atom. The molecular weight excluding hydrogens is 598 g/mol. The van der Waals surface area contributed by atoms with Crippen LogP contribution in [-0.4, -0.2) is 64.1 Å². The summed E-state index contributed by atoms with van der Waals surface area (Å²) in [5, 5.41) is 18.5. The maximum absolute atomic E-state index is 14.0. The molecule has 0 radical (unpaired) electrons. The first-order chi connectivity index (χ1) is 22.3. The van der Waals surface area contributed by atoms with Crippen LogP contribution in [0.5, 0.6) is 5.75 Å². The number of aryl methyl sites for hydroxylation is 1. The maximum atomic E-state index is 14.0. The number of carboxylic acids is 1. The average molecular weight is 644 g/mol. The zero-order valence-electron chi connectivity index (χ0n) is 27.9. The Hall–Kier alpha value is -4.90. The van der Waals surface area contributed by atoms with Gasteiger partial charge in [-0.05, 0) is 68.0 Å². The van der Waals surface area contributed by atoms with Crippen molar-refractivity contribution >= 4 is 35.3 Å². The third-order valence-electron chi connectivity index (χ3n) is 8.39. The fraction of sp³-hybridized carbons (Fsp3) is 0.389. The molecule has 0 aromatic heterocycles. The molecule has 0 saturated carbocycles. The van der Waals surface area contributed by atoms with Gasteiger partial charge in [0.25, 0.3) is 5.91 Å². The standard InChI is InChI=1S/C36H45N5O6/c1-23(2)18-27(21-37-30(20-32(42)43)26-13-8-7-9-14-26)41-33(44)36(4,5)40(35(41)46)22-25-16-17-29(31(19-25)47-6)39-34(45)38-28-15-11-10-12-24(28)3/h7-17,19,23,27,30,37H,18,20-22H2,1-6H3,(H,42,43)(H2,38,39,45)/t27-,30+/m1/s1. The van der Waals surface area contributed by atoms with Gasteiger partial charge >= 0.3 is 18.0 Å². The third-order valence-corrected chi connectivity index (χ3v) is 8.39. The number of hydrogen-bond acceptors (Lipinski definition) is 6. The van der Waals surface area contributed by atoms with Crippen LogP contribution in [0.2, 0.25) is 0 Å². The Morgan fingerprint density at radius 1 is 0.936 bits per heavy atom. The predicted octanol–water partition coefficient (Wildman–Crippen LogP) is 6.41. The molecule has 47 heavy (non-hydrogen) atoms. The number of imide groups is 1. The highest BCUT2D eigenvalue weighted by molar-refractivity contribution is 6.07. The summed E-state index contributed by atoms with van der Waals surface area (Å²) in [5.74, 6) is -0.692. The second kappa shape index (κ2) is 15.1. The topological polar surface area (TPSA) is 140 Å². The van der Waals surface area contributed by atoms with Crippen molar-refractivity contribution in [3.8, 4) is 5.75 Å². The number of para-hydroxylation sites is 1. The molecule has 4 N–H and O–H groups in total. The van der Waals surface area contributed by atoms with E-state index in [1.807, 2.05) is 75.4 Å². The van der Waals surface area contributed by atoms with E-state index in [0.717, 1.165) is 11.1 Å². The zero-order valence-corrected chi connectivity index (χ0v) is 27.9. The second-order valence-corrected chi connectivity index (χ2v) is 12.8. The van der Waals surface area contributed by atoms with Gasteiger partial charge < -0.3 is 30.7 Å². The molecule has 1 aliphatic heterocycles. The minimum atomic E-state index is -1.14. The summed E-state index contributed by atoms with van der Waals surface area (Å²) >= 11 is 0. The number of nitrogens with zero attached hydrogens (tertiary/aromatic N) is 2. The van der Waals surface area contributed by atoms with Crippen molar-refractivity contribution in [1.82, 2.24) is 15.1 Å². The normalized spacial score (nSPS) is 15.5. The maximum Gasteiger partial charge on any atom is 0.328 e. The molecule has 1 saturated heterocycles. The number of benzene rings is 3. The van der Waals surface area contributed by atoms with Crippen LogP contribution in [0.15, 0.2) is 72.8 Å². The van der Waals surface area contributed by atoms with E-state index in [-0.39, 0.29) is 31.3 Å². The van der Waals surface area contributed by atoms with Gasteiger partial charge in [-0.25, -0.2) is 9.59 Å². The van der Waals surface area contributed by atoms with Gasteiger partial charge in [0.15, 0.2) is 0 Å². The minimum Gasteiger partial charge on any atom is -0.495 e. The second-order valence-electron chi connectivity index (χ2n) is 12.8. The largest absolute Gasteiger partial charge is 0.495 e. The highest BCUT2D eigenvalue weighted by atomic mass is 16.5. The summed E-state index contributed by atoms with van der Waals surface area (Å²) in [7, 11) is 1.50. The number of nitrogens with one attached hydrogen (secondary N) is 3. The van der Waals surface area contributed by atoms with Gasteiger partial charge in [0, 0.05) is 24.8 Å². The van der Waals surface area contributed by atoms with Gasteiger partial charge in [0.2, 0.25) is 0 Å². The molecule has 4 rings (SSSR count). The van der Waals surface area contributed by atoms with E-state index in [4.69, 9.17) is 4.74 Å². The number of methoxy groups -OCH3 is 1. The molecule has 0 aliphatic carbocycles. The van der Waals surface area contributed by atoms with E-state index in [0.29, 0.717) is 29.1 Å². The van der Waals surface area contributed by atoms with E-state index < -0.39 is 35.7 Å². The Bertz CT molecular complexity index is 1590. The number of carboxylic acid groups (broad SMARTS) is 1. The van der Waals surface area contributed by atoms with E-state index in [2.05, 4.69) is 16.0 Å². The molecular formula is C36H45N5O6. The summed E-state index contributed by atoms with van der Waals surface area (Å²) < 4.78 is 5.57. The number of aliphatic carboxylic acids is 1. The van der Waals surface area contributed by atoms with Gasteiger partial charge in [0.05, 0.1) is 25.3 Å². The van der Waals surface area contributed by atoms with E-state index in [1.165, 1.54) is 12.0 Å². The summed E-state index contributed by atoms with van der Waals surface area (Å²) in [5.41, 5.74) is 2.46. The van der Waals surface area contributed by atoms with Crippen LogP contribution in [0.4, 0.5) is 21.0 Å². The summed E-state index contributed by atoms with van der Waals surface area (Å²) in [6, 6.07) is 20.1. The molecule has 0 unspecified atom stereocenters. The molecule has 1 aliphatic rings. The first-order valence-corrected chi connectivity index (χ1v) is 15.8. The number of urea groups is 2. The van der Waals surface area contributed by atoms with Crippen LogP contribution in [0.3, 0.4) is 0 Å². The van der Waals surface area contributed by atoms with Crippen molar-refractivity contribution in [1.29, 1.82) is 0 Å². The number of hydrogen-bond donors (Lipinski definition) is 4. The quantitative estimate of drug-likeness (QED) is 0.149. The molecule has 5 amide bonds. The lowest BCUT2D eigenvalue weighted by Crippen LogP contribution is -2.48. The third kappa shape index (κ3) is 8.48. The van der Waals surface area contributed by atoms with Crippen LogP contribution in [-0.2, 0) is 16.1 Å². The van der Waals surface area contributed by atoms with Gasteiger partial charge in [0.1, 0.15) is 11.3 Å². The Kier molecular flexibility index (Phi) is 11.3. The lowest BCUT2D eigenvalue weighted by Gasteiger charge is -2.30. The number of carbonyl (C=O) groups is 4. The molecule has 250 valence electrons. The van der Waals surface area contributed by atoms with Gasteiger partial charge in [-0.3, -0.25) is 14.5 Å². The zero-order chi connectivity index (χ0) is 34.3. The molecule has 0 bridgehead atoms. The lowest BCUT2D eigenvalue weighted by molar-refractivity contribution is -0.138. The monoisotopic (exact) mass is 643 g/mol. The average Bonchev–Trinajstić information content (AvgIpc) is 3.19. The molecule has 1 fully saturated rings. The summed E-state index contributed by atoms with van der Waals surface area (Å²) in [6.07, 6.45) is 0.403. The Balaban J connectivity index is 1.52. The number of rotatable bonds is 14. The van der Waals surface area contributed by atoms with Crippen LogP contribution in [0.25, 0.3) is 0 Å². The molecule has 1 heterocycles. The van der Waals surface area contributed by atoms with E-state index >= 15 is 0 Å². The molecule has 3 aromatic rings. The molecule has 3 aromatic carbocycles. The van der Waals surface area contributed by atoms with Gasteiger partial charge in [-0.15, -0.1) is 0 Å². The van der Waals surface area contributed by atoms with Gasteiger partial charge in [-0.1, -0.05) is 68.4 Å². The number of anilines is 2. The first kappa shape index (κ1) is 35.0. The SMILES string of the molecule is COc1cc(CN2C(=O)N([C@@H](CN[C@@H](CC(=O)O)c3ccccc3)CC(C)C)C(=O)C2(C)C)ccc1NC(=O)Nc1ccccc1C. The van der Waals surface area contributed by atoms with Crippen molar-refractivity contribution in [2.75, 3.05) is 24.3 Å². The predicted molar refractivity (Wildman–Crippen MR) is 181 cm³/mol. The molecule has 0 spiro atoms.